The molecule has 2 aromatic heterocycles. The fourth-order valence-corrected chi connectivity index (χ4v) is 4.38. The number of anilines is 2. The van der Waals surface area contributed by atoms with Crippen molar-refractivity contribution in [3.05, 3.63) is 71.9 Å². The van der Waals surface area contributed by atoms with Crippen LogP contribution >= 0.6 is 0 Å². The minimum Gasteiger partial charge on any atom is -0.497 e. The van der Waals surface area contributed by atoms with E-state index in [1.807, 2.05) is 6.07 Å². The van der Waals surface area contributed by atoms with Crippen LogP contribution in [0.2, 0.25) is 0 Å². The van der Waals surface area contributed by atoms with E-state index in [9.17, 15) is 13.2 Å². The van der Waals surface area contributed by atoms with Crippen molar-refractivity contribution in [1.82, 2.24) is 9.97 Å². The lowest BCUT2D eigenvalue weighted by Gasteiger charge is -2.10. The van der Waals surface area contributed by atoms with Crippen molar-refractivity contribution in [3.63, 3.8) is 0 Å². The van der Waals surface area contributed by atoms with E-state index >= 15 is 0 Å². The molecule has 4 aromatic rings. The van der Waals surface area contributed by atoms with E-state index in [4.69, 9.17) is 9.15 Å². The molecule has 2 N–H and O–H groups in total. The first kappa shape index (κ1) is 22.3. The minimum absolute atomic E-state index is 0.0438. The highest BCUT2D eigenvalue weighted by molar-refractivity contribution is 7.92. The Morgan fingerprint density at radius 1 is 1.06 bits per heavy atom. The summed E-state index contributed by atoms with van der Waals surface area (Å²) in [6, 6.07) is 12.8. The van der Waals surface area contributed by atoms with E-state index in [0.29, 0.717) is 28.5 Å². The second kappa shape index (κ2) is 8.91. The summed E-state index contributed by atoms with van der Waals surface area (Å²) in [5, 5.41) is 3.57. The quantitative estimate of drug-likeness (QED) is 0.424. The first-order chi connectivity index (χ1) is 15.7. The number of furan rings is 1. The molecule has 10 heteroatoms. The number of benzene rings is 2. The number of methoxy groups -OCH3 is 1. The van der Waals surface area contributed by atoms with Crippen LogP contribution in [0.4, 0.5) is 11.5 Å². The van der Waals surface area contributed by atoms with Crippen LogP contribution in [0.25, 0.3) is 11.0 Å². The zero-order valence-corrected chi connectivity index (χ0v) is 19.1. The number of nitrogens with one attached hydrogen (secondary N) is 2. The molecule has 9 nitrogen and oxygen atoms in total. The minimum atomic E-state index is -3.84. The lowest BCUT2D eigenvalue weighted by molar-refractivity contribution is -0.115. The van der Waals surface area contributed by atoms with Gasteiger partial charge in [0.2, 0.25) is 5.91 Å². The molecule has 2 aromatic carbocycles. The van der Waals surface area contributed by atoms with Crippen molar-refractivity contribution in [2.24, 2.45) is 0 Å². The molecule has 1 amide bonds. The highest BCUT2D eigenvalue weighted by atomic mass is 32.2. The molecular weight excluding hydrogens is 444 g/mol. The number of sulfonamides is 1. The number of fused-ring (bicyclic) bond motifs is 1. The van der Waals surface area contributed by atoms with Crippen molar-refractivity contribution in [1.29, 1.82) is 0 Å². The molecule has 0 saturated heterocycles. The average molecular weight is 467 g/mol. The summed E-state index contributed by atoms with van der Waals surface area (Å²) in [6.07, 6.45) is 1.63. The Bertz CT molecular complexity index is 1410. The molecule has 0 spiro atoms. The summed E-state index contributed by atoms with van der Waals surface area (Å²) in [6.45, 7) is 3.44. The van der Waals surface area contributed by atoms with Crippen LogP contribution in [0, 0.1) is 13.8 Å². The van der Waals surface area contributed by atoms with Gasteiger partial charge in [-0.05, 0) is 56.3 Å². The predicted octanol–water partition coefficient (Wildman–Crippen LogP) is 3.83. The molecule has 0 aliphatic carbocycles. The standard InChI is InChI=1S/C23H22N4O5S/c1-14-10-22(25-15(2)24-14)27-33(29,30)19-7-4-17(5-8-19)26-23(28)11-16-13-32-21-9-6-18(31-3)12-20(16)21/h4-10,12-13H,11H2,1-3H3,(H,26,28)(H,24,25,27). The van der Waals surface area contributed by atoms with Crippen LogP contribution in [0.1, 0.15) is 17.1 Å². The van der Waals surface area contributed by atoms with Crippen LogP contribution in [0.15, 0.2) is 64.1 Å². The highest BCUT2D eigenvalue weighted by Crippen LogP contribution is 2.26. The maximum Gasteiger partial charge on any atom is 0.263 e. The Morgan fingerprint density at radius 3 is 2.52 bits per heavy atom. The van der Waals surface area contributed by atoms with E-state index in [2.05, 4.69) is 20.0 Å². The van der Waals surface area contributed by atoms with Gasteiger partial charge >= 0.3 is 0 Å². The molecule has 2 heterocycles. The van der Waals surface area contributed by atoms with Gasteiger partial charge in [0.15, 0.2) is 0 Å². The molecule has 0 radical (unpaired) electrons. The Morgan fingerprint density at radius 2 is 1.82 bits per heavy atom. The molecule has 4 rings (SSSR count). The molecule has 0 fully saturated rings. The second-order valence-electron chi connectivity index (χ2n) is 7.42. The Labute approximate surface area is 190 Å². The van der Waals surface area contributed by atoms with Crippen LogP contribution in [0.3, 0.4) is 0 Å². The summed E-state index contributed by atoms with van der Waals surface area (Å²) in [5.74, 6) is 1.07. The van der Waals surface area contributed by atoms with Gasteiger partial charge in [0, 0.05) is 28.4 Å². The molecule has 0 bridgehead atoms. The topological polar surface area (TPSA) is 123 Å². The predicted molar refractivity (Wildman–Crippen MR) is 124 cm³/mol. The summed E-state index contributed by atoms with van der Waals surface area (Å²) in [4.78, 5) is 20.8. The second-order valence-corrected chi connectivity index (χ2v) is 9.10. The molecule has 0 unspecified atom stereocenters. The fourth-order valence-electron chi connectivity index (χ4n) is 3.39. The van der Waals surface area contributed by atoms with Crippen LogP contribution < -0.4 is 14.8 Å². The number of rotatable bonds is 7. The summed E-state index contributed by atoms with van der Waals surface area (Å²) >= 11 is 0. The molecule has 0 aliphatic rings. The number of hydrogen-bond donors (Lipinski definition) is 2. The lowest BCUT2D eigenvalue weighted by atomic mass is 10.1. The number of ether oxygens (including phenoxy) is 1. The number of amides is 1. The van der Waals surface area contributed by atoms with Crippen molar-refractivity contribution in [3.8, 4) is 5.75 Å². The number of hydrogen-bond acceptors (Lipinski definition) is 7. The molecule has 0 aliphatic heterocycles. The third kappa shape index (κ3) is 5.12. The van der Waals surface area contributed by atoms with Gasteiger partial charge in [-0.1, -0.05) is 0 Å². The number of aromatic nitrogens is 2. The van der Waals surface area contributed by atoms with E-state index in [1.165, 1.54) is 24.3 Å². The number of carbonyl (C=O) groups is 1. The molecule has 33 heavy (non-hydrogen) atoms. The maximum absolute atomic E-state index is 12.7. The first-order valence-corrected chi connectivity index (χ1v) is 11.5. The zero-order chi connectivity index (χ0) is 23.6. The largest absolute Gasteiger partial charge is 0.497 e. The Hall–Kier alpha value is -3.92. The van der Waals surface area contributed by atoms with Crippen molar-refractivity contribution < 1.29 is 22.4 Å². The van der Waals surface area contributed by atoms with E-state index in [1.54, 1.807) is 45.4 Å². The summed E-state index contributed by atoms with van der Waals surface area (Å²) < 4.78 is 38.5. The summed E-state index contributed by atoms with van der Waals surface area (Å²) in [5.41, 5.74) is 2.51. The van der Waals surface area contributed by atoms with Crippen molar-refractivity contribution in [2.45, 2.75) is 25.2 Å². The average Bonchev–Trinajstić information content (AvgIpc) is 3.14. The SMILES string of the molecule is COc1ccc2occ(CC(=O)Nc3ccc(S(=O)(=O)Nc4cc(C)nc(C)n4)cc3)c2c1. The third-order valence-electron chi connectivity index (χ3n) is 4.87. The van der Waals surface area contributed by atoms with Crippen LogP contribution in [-0.2, 0) is 21.2 Å². The monoisotopic (exact) mass is 466 g/mol. The van der Waals surface area contributed by atoms with Gasteiger partial charge in [-0.25, -0.2) is 18.4 Å². The number of nitrogens with zero attached hydrogens (tertiary/aromatic N) is 2. The number of carbonyl (C=O) groups excluding carboxylic acids is 1. The Kier molecular flexibility index (Phi) is 6.01. The highest BCUT2D eigenvalue weighted by Gasteiger charge is 2.16. The van der Waals surface area contributed by atoms with Gasteiger partial charge in [0.1, 0.15) is 23.0 Å². The van der Waals surface area contributed by atoms with Gasteiger partial charge in [-0.3, -0.25) is 9.52 Å². The zero-order valence-electron chi connectivity index (χ0n) is 18.2. The summed E-state index contributed by atoms with van der Waals surface area (Å²) in [7, 11) is -2.27. The van der Waals surface area contributed by atoms with Crippen LogP contribution in [-0.4, -0.2) is 31.4 Å². The van der Waals surface area contributed by atoms with E-state index in [-0.39, 0.29) is 23.0 Å². The third-order valence-corrected chi connectivity index (χ3v) is 6.24. The van der Waals surface area contributed by atoms with E-state index < -0.39 is 10.0 Å². The van der Waals surface area contributed by atoms with Gasteiger partial charge in [-0.2, -0.15) is 0 Å². The normalized spacial score (nSPS) is 11.4. The molecule has 170 valence electrons. The maximum atomic E-state index is 12.7. The number of aryl methyl sites for hydroxylation is 2. The van der Waals surface area contributed by atoms with Gasteiger partial charge in [0.25, 0.3) is 10.0 Å². The molecule has 0 saturated carbocycles. The smallest absolute Gasteiger partial charge is 0.263 e. The fraction of sp³-hybridized carbons (Fsp3) is 0.174. The molecular formula is C23H22N4O5S. The lowest BCUT2D eigenvalue weighted by Crippen LogP contribution is -2.16. The Balaban J connectivity index is 1.44. The van der Waals surface area contributed by atoms with Crippen molar-refractivity contribution >= 4 is 38.4 Å². The van der Waals surface area contributed by atoms with E-state index in [0.717, 1.165) is 10.9 Å². The van der Waals surface area contributed by atoms with Gasteiger partial charge < -0.3 is 14.5 Å². The molecule has 0 atom stereocenters. The van der Waals surface area contributed by atoms with Gasteiger partial charge in [-0.15, -0.1) is 0 Å². The van der Waals surface area contributed by atoms with Crippen molar-refractivity contribution in [2.75, 3.05) is 17.1 Å². The van der Waals surface area contributed by atoms with Crippen LogP contribution in [0.5, 0.6) is 5.75 Å². The first-order valence-electron chi connectivity index (χ1n) is 10.0. The van der Waals surface area contributed by atoms with Gasteiger partial charge in [0.05, 0.1) is 24.7 Å².